The van der Waals surface area contributed by atoms with E-state index < -0.39 is 0 Å². The molecule has 0 aliphatic carbocycles. The van der Waals surface area contributed by atoms with Gasteiger partial charge in [-0.2, -0.15) is 0 Å². The first kappa shape index (κ1) is 9.55. The maximum Gasteiger partial charge on any atom is 0.219 e. The Morgan fingerprint density at radius 2 is 2.17 bits per heavy atom. The van der Waals surface area contributed by atoms with E-state index in [1.165, 1.54) is 0 Å². The lowest BCUT2D eigenvalue weighted by molar-refractivity contribution is 0.109. The van der Waals surface area contributed by atoms with E-state index in [0.717, 1.165) is 5.69 Å². The third-order valence-corrected chi connectivity index (χ3v) is 2.02. The minimum Gasteiger partial charge on any atom is -0.282 e. The van der Waals surface area contributed by atoms with Crippen LogP contribution in [-0.4, -0.2) is 10.1 Å². The van der Waals surface area contributed by atoms with E-state index in [-0.39, 0.29) is 5.12 Å². The standard InChI is InChI=1S/C8H8ClNOS/c1-4-3-6(9)7(8(11)12)5(2)10-4/h3H,1-2H3,(H,11,12). The summed E-state index contributed by atoms with van der Waals surface area (Å²) in [7, 11) is 0. The molecule has 0 unspecified atom stereocenters. The summed E-state index contributed by atoms with van der Waals surface area (Å²) in [5.41, 5.74) is 1.82. The zero-order chi connectivity index (χ0) is 9.30. The third kappa shape index (κ3) is 1.79. The third-order valence-electron chi connectivity index (χ3n) is 1.49. The van der Waals surface area contributed by atoms with Gasteiger partial charge in [0.05, 0.1) is 16.3 Å². The Bertz CT molecular complexity index is 315. The van der Waals surface area contributed by atoms with E-state index >= 15 is 0 Å². The van der Waals surface area contributed by atoms with Gasteiger partial charge in [0.1, 0.15) is 0 Å². The predicted molar refractivity (Wildman–Crippen MR) is 52.0 cm³/mol. The summed E-state index contributed by atoms with van der Waals surface area (Å²) in [4.78, 5) is 15.0. The molecular formula is C8H8ClNOS. The summed E-state index contributed by atoms with van der Waals surface area (Å²) in [6, 6.07) is 1.65. The Hall–Kier alpha value is -0.540. The van der Waals surface area contributed by atoms with Crippen LogP contribution in [0.25, 0.3) is 0 Å². The Labute approximate surface area is 81.4 Å². The van der Waals surface area contributed by atoms with Gasteiger partial charge in [-0.3, -0.25) is 9.78 Å². The number of rotatable bonds is 1. The first-order valence-corrected chi connectivity index (χ1v) is 4.22. The lowest BCUT2D eigenvalue weighted by Gasteiger charge is -2.03. The molecule has 0 spiro atoms. The van der Waals surface area contributed by atoms with Crippen molar-refractivity contribution in [1.29, 1.82) is 0 Å². The molecule has 0 saturated carbocycles. The fraction of sp³-hybridized carbons (Fsp3) is 0.250. The van der Waals surface area contributed by atoms with E-state index in [1.54, 1.807) is 13.0 Å². The zero-order valence-electron chi connectivity index (χ0n) is 6.76. The van der Waals surface area contributed by atoms with Crippen LogP contribution in [0.5, 0.6) is 0 Å². The van der Waals surface area contributed by atoms with Crippen LogP contribution in [0, 0.1) is 13.8 Å². The van der Waals surface area contributed by atoms with E-state index in [0.29, 0.717) is 16.3 Å². The second kappa shape index (κ2) is 3.46. The Morgan fingerprint density at radius 3 is 2.58 bits per heavy atom. The zero-order valence-corrected chi connectivity index (χ0v) is 8.41. The van der Waals surface area contributed by atoms with Gasteiger partial charge in [-0.05, 0) is 19.9 Å². The highest BCUT2D eigenvalue weighted by Gasteiger charge is 2.11. The minimum atomic E-state index is -0.343. The summed E-state index contributed by atoms with van der Waals surface area (Å²) in [5.74, 6) is 0. The van der Waals surface area contributed by atoms with Crippen molar-refractivity contribution >= 4 is 29.3 Å². The molecule has 0 N–H and O–H groups in total. The molecule has 1 rings (SSSR count). The largest absolute Gasteiger partial charge is 0.282 e. The van der Waals surface area contributed by atoms with Gasteiger partial charge in [0.15, 0.2) is 0 Å². The molecule has 0 aliphatic heterocycles. The van der Waals surface area contributed by atoms with E-state index in [1.807, 2.05) is 6.92 Å². The molecule has 1 aromatic heterocycles. The van der Waals surface area contributed by atoms with E-state index in [9.17, 15) is 4.79 Å². The summed E-state index contributed by atoms with van der Waals surface area (Å²) < 4.78 is 0. The van der Waals surface area contributed by atoms with Crippen LogP contribution in [0.3, 0.4) is 0 Å². The van der Waals surface area contributed by atoms with E-state index in [2.05, 4.69) is 17.6 Å². The van der Waals surface area contributed by atoms with Gasteiger partial charge in [-0.1, -0.05) is 11.6 Å². The molecule has 64 valence electrons. The molecule has 0 fully saturated rings. The number of hydrogen-bond donors (Lipinski definition) is 1. The van der Waals surface area contributed by atoms with Gasteiger partial charge in [0, 0.05) is 5.69 Å². The summed E-state index contributed by atoms with van der Waals surface area (Å²) >= 11 is 9.52. The van der Waals surface area contributed by atoms with Gasteiger partial charge in [-0.15, -0.1) is 12.6 Å². The number of pyridine rings is 1. The van der Waals surface area contributed by atoms with Gasteiger partial charge in [0.25, 0.3) is 0 Å². The normalized spacial score (nSPS) is 10.0. The Morgan fingerprint density at radius 1 is 1.58 bits per heavy atom. The van der Waals surface area contributed by atoms with Crippen molar-refractivity contribution in [3.63, 3.8) is 0 Å². The Kier molecular flexibility index (Phi) is 2.75. The second-order valence-corrected chi connectivity index (χ2v) is 3.32. The number of thiol groups is 1. The number of carbonyl (C=O) groups is 1. The van der Waals surface area contributed by atoms with Crippen LogP contribution in [0.1, 0.15) is 21.7 Å². The van der Waals surface area contributed by atoms with Crippen LogP contribution < -0.4 is 0 Å². The quantitative estimate of drug-likeness (QED) is 0.708. The van der Waals surface area contributed by atoms with Crippen LogP contribution in [-0.2, 0) is 0 Å². The lowest BCUT2D eigenvalue weighted by Crippen LogP contribution is -1.99. The monoisotopic (exact) mass is 201 g/mol. The van der Waals surface area contributed by atoms with Crippen molar-refractivity contribution in [1.82, 2.24) is 4.98 Å². The molecule has 0 amide bonds. The first-order chi connectivity index (χ1) is 5.52. The molecule has 12 heavy (non-hydrogen) atoms. The van der Waals surface area contributed by atoms with Crippen LogP contribution in [0.15, 0.2) is 6.07 Å². The fourth-order valence-corrected chi connectivity index (χ4v) is 1.77. The van der Waals surface area contributed by atoms with Gasteiger partial charge in [-0.25, -0.2) is 0 Å². The van der Waals surface area contributed by atoms with E-state index in [4.69, 9.17) is 11.6 Å². The highest BCUT2D eigenvalue weighted by molar-refractivity contribution is 7.97. The maximum absolute atomic E-state index is 10.9. The average molecular weight is 202 g/mol. The lowest BCUT2D eigenvalue weighted by atomic mass is 10.2. The molecule has 1 heterocycles. The number of halogens is 1. The van der Waals surface area contributed by atoms with Crippen molar-refractivity contribution in [3.8, 4) is 0 Å². The second-order valence-electron chi connectivity index (χ2n) is 2.51. The molecule has 2 nitrogen and oxygen atoms in total. The van der Waals surface area contributed by atoms with Crippen LogP contribution in [0.2, 0.25) is 5.02 Å². The topological polar surface area (TPSA) is 30.0 Å². The van der Waals surface area contributed by atoms with Gasteiger partial charge in [0.2, 0.25) is 5.12 Å². The SMILES string of the molecule is Cc1cc(Cl)c(C(=O)S)c(C)n1. The molecule has 4 heteroatoms. The summed E-state index contributed by atoms with van der Waals surface area (Å²) in [6.45, 7) is 3.56. The van der Waals surface area contributed by atoms with Crippen molar-refractivity contribution in [3.05, 3.63) is 28.0 Å². The van der Waals surface area contributed by atoms with Crippen molar-refractivity contribution in [2.75, 3.05) is 0 Å². The fourth-order valence-electron chi connectivity index (χ4n) is 1.04. The summed E-state index contributed by atoms with van der Waals surface area (Å²) in [5, 5.41) is 0.0741. The molecule has 0 saturated heterocycles. The van der Waals surface area contributed by atoms with Gasteiger partial charge < -0.3 is 0 Å². The Balaban J connectivity index is 3.38. The van der Waals surface area contributed by atoms with Crippen molar-refractivity contribution < 1.29 is 4.79 Å². The molecule has 0 bridgehead atoms. The number of aryl methyl sites for hydroxylation is 2. The van der Waals surface area contributed by atoms with Crippen LogP contribution in [0.4, 0.5) is 0 Å². The molecule has 0 atom stereocenters. The first-order valence-electron chi connectivity index (χ1n) is 3.39. The highest BCUT2D eigenvalue weighted by atomic mass is 35.5. The molecule has 0 aromatic carbocycles. The average Bonchev–Trinajstić information content (AvgIpc) is 1.82. The van der Waals surface area contributed by atoms with Crippen LogP contribution >= 0.6 is 24.2 Å². The number of hydrogen-bond acceptors (Lipinski definition) is 2. The van der Waals surface area contributed by atoms with Crippen molar-refractivity contribution in [2.45, 2.75) is 13.8 Å². The number of carbonyl (C=O) groups excluding carboxylic acids is 1. The molecular weight excluding hydrogens is 194 g/mol. The molecule has 0 aliphatic rings. The summed E-state index contributed by atoms with van der Waals surface area (Å²) in [6.07, 6.45) is 0. The highest BCUT2D eigenvalue weighted by Crippen LogP contribution is 2.20. The molecule has 1 aromatic rings. The van der Waals surface area contributed by atoms with Crippen molar-refractivity contribution in [2.24, 2.45) is 0 Å². The maximum atomic E-state index is 10.9. The van der Waals surface area contributed by atoms with Gasteiger partial charge >= 0.3 is 0 Å². The molecule has 0 radical (unpaired) electrons. The number of aromatic nitrogens is 1. The predicted octanol–water partition coefficient (Wildman–Crippen LogP) is 2.42. The minimum absolute atomic E-state index is 0.343. The smallest absolute Gasteiger partial charge is 0.219 e. The number of nitrogens with zero attached hydrogens (tertiary/aromatic N) is 1.